The summed E-state index contributed by atoms with van der Waals surface area (Å²) in [6.07, 6.45) is -4.61. The van der Waals surface area contributed by atoms with E-state index in [0.29, 0.717) is 47.9 Å². The number of nitrogens with one attached hydrogen (secondary N) is 4. The van der Waals surface area contributed by atoms with Gasteiger partial charge in [0.2, 0.25) is 17.1 Å². The molecule has 10 nitrogen and oxygen atoms in total. The van der Waals surface area contributed by atoms with Crippen LogP contribution < -0.4 is 15.5 Å². The highest BCUT2D eigenvalue weighted by atomic mass is 32.1. The van der Waals surface area contributed by atoms with Crippen molar-refractivity contribution in [3.8, 4) is 0 Å². The Morgan fingerprint density at radius 2 is 1.90 bits per heavy atom. The molecule has 1 saturated heterocycles. The number of methoxy groups -OCH3 is 1. The highest BCUT2D eigenvalue weighted by molar-refractivity contribution is 7.16. The number of amides is 1. The van der Waals surface area contributed by atoms with Crippen LogP contribution in [0.4, 0.5) is 23.9 Å². The number of thiazole rings is 1. The van der Waals surface area contributed by atoms with Gasteiger partial charge < -0.3 is 25.0 Å². The highest BCUT2D eigenvalue weighted by Gasteiger charge is 2.40. The minimum atomic E-state index is -4.73. The predicted octanol–water partition coefficient (Wildman–Crippen LogP) is 4.46. The number of halogens is 3. The monoisotopic (exact) mass is 585 g/mol. The van der Waals surface area contributed by atoms with Crippen molar-refractivity contribution < 1.29 is 27.4 Å². The van der Waals surface area contributed by atoms with Crippen molar-refractivity contribution in [3.63, 3.8) is 0 Å². The summed E-state index contributed by atoms with van der Waals surface area (Å²) in [4.78, 5) is 23.0. The van der Waals surface area contributed by atoms with Gasteiger partial charge in [-0.1, -0.05) is 59.9 Å². The molecule has 41 heavy (non-hydrogen) atoms. The van der Waals surface area contributed by atoms with Gasteiger partial charge in [0.25, 0.3) is 11.9 Å². The summed E-state index contributed by atoms with van der Waals surface area (Å²) in [5.74, 6) is -1.35. The molecule has 2 aliphatic heterocycles. The smallest absolute Gasteiger partial charge is 0.405 e. The van der Waals surface area contributed by atoms with Gasteiger partial charge in [-0.15, -0.1) is 0 Å². The Bertz CT molecular complexity index is 1490. The molecule has 3 aromatic rings. The van der Waals surface area contributed by atoms with Crippen LogP contribution in [-0.4, -0.2) is 61.0 Å². The number of ether oxygens (including phenoxy) is 2. The summed E-state index contributed by atoms with van der Waals surface area (Å²) < 4.78 is 51.3. The third kappa shape index (κ3) is 6.07. The molecule has 1 fully saturated rings. The van der Waals surface area contributed by atoms with Crippen LogP contribution in [0.5, 0.6) is 0 Å². The van der Waals surface area contributed by atoms with Crippen LogP contribution in [0.3, 0.4) is 0 Å². The number of anilines is 2. The predicted molar refractivity (Wildman–Crippen MR) is 149 cm³/mol. The number of hydrogen-bond donors (Lipinski definition) is 4. The lowest BCUT2D eigenvalue weighted by molar-refractivity contribution is -0.137. The molecule has 3 heterocycles. The van der Waals surface area contributed by atoms with E-state index in [0.717, 1.165) is 12.0 Å². The van der Waals surface area contributed by atoms with E-state index in [1.807, 2.05) is 36.4 Å². The van der Waals surface area contributed by atoms with E-state index < -0.39 is 35.2 Å². The Kier molecular flexibility index (Phi) is 8.03. The zero-order chi connectivity index (χ0) is 29.1. The second-order valence-electron chi connectivity index (χ2n) is 9.30. The molecule has 5 rings (SSSR count). The summed E-state index contributed by atoms with van der Waals surface area (Å²) in [6, 6.07) is 15.3. The molecule has 0 bridgehead atoms. The standard InChI is InChI=1S/C27H26F3N7O3S/c1-39-14-16-10-7-13-37(16)24-20(35-25(41-24)27(28,29)30)21(31)40-26(32)36-22-23(38)33-18-12-6-5-11-17(18)19(34-22)15-8-3-2-4-9-15/h2-6,8-9,11-12,16,22,31H,7,10,13-14H2,1H3,(H2,32,36)(H,33,38). The second-order valence-corrected chi connectivity index (χ2v) is 10.3. The van der Waals surface area contributed by atoms with Crippen LogP contribution in [0.25, 0.3) is 0 Å². The van der Waals surface area contributed by atoms with Crippen LogP contribution in [0.15, 0.2) is 59.6 Å². The number of nitrogens with zero attached hydrogens (tertiary/aromatic N) is 3. The molecule has 1 amide bonds. The van der Waals surface area contributed by atoms with Crippen LogP contribution >= 0.6 is 11.3 Å². The number of carbonyl (C=O) groups excluding carboxylic acids is 1. The fourth-order valence-corrected chi connectivity index (χ4v) is 5.76. The molecule has 2 aliphatic rings. The average molecular weight is 586 g/mol. The molecule has 214 valence electrons. The number of alkyl halides is 3. The Balaban J connectivity index is 1.40. The number of benzene rings is 2. The summed E-state index contributed by atoms with van der Waals surface area (Å²) in [5, 5.41) is 21.0. The highest BCUT2D eigenvalue weighted by Crippen LogP contribution is 2.41. The molecule has 1 aromatic heterocycles. The summed E-state index contributed by atoms with van der Waals surface area (Å²) in [5.41, 5.74) is 2.05. The Labute approximate surface area is 237 Å². The lowest BCUT2D eigenvalue weighted by atomic mass is 10.0. The topological polar surface area (TPSA) is 136 Å². The zero-order valence-corrected chi connectivity index (χ0v) is 22.6. The van der Waals surface area contributed by atoms with Gasteiger partial charge in [-0.25, -0.2) is 9.98 Å². The van der Waals surface area contributed by atoms with Crippen molar-refractivity contribution in [1.82, 2.24) is 10.3 Å². The fraction of sp³-hybridized carbons (Fsp3) is 0.296. The molecule has 0 radical (unpaired) electrons. The molecule has 2 atom stereocenters. The van der Waals surface area contributed by atoms with Gasteiger partial charge in [-0.2, -0.15) is 13.2 Å². The third-order valence-corrected chi connectivity index (χ3v) is 7.67. The van der Waals surface area contributed by atoms with Crippen molar-refractivity contribution in [2.45, 2.75) is 31.2 Å². The first-order valence-corrected chi connectivity index (χ1v) is 13.5. The first kappa shape index (κ1) is 28.2. The molecule has 0 saturated carbocycles. The summed E-state index contributed by atoms with van der Waals surface area (Å²) >= 11 is 0.415. The van der Waals surface area contributed by atoms with E-state index in [2.05, 4.69) is 20.6 Å². The van der Waals surface area contributed by atoms with E-state index in [1.54, 1.807) is 23.1 Å². The summed E-state index contributed by atoms with van der Waals surface area (Å²) in [6.45, 7) is 0.758. The quantitative estimate of drug-likeness (QED) is 0.249. The normalized spacial score (nSPS) is 18.7. The maximum absolute atomic E-state index is 13.6. The Morgan fingerprint density at radius 3 is 2.63 bits per heavy atom. The molecule has 4 N–H and O–H groups in total. The number of aliphatic imine (C=N–C) groups is 1. The number of rotatable bonds is 6. The number of benzodiazepines with no additional fused rings is 1. The van der Waals surface area contributed by atoms with E-state index in [4.69, 9.17) is 20.3 Å². The van der Waals surface area contributed by atoms with Gasteiger partial charge in [-0.05, 0) is 18.9 Å². The first-order chi connectivity index (χ1) is 19.7. The lowest BCUT2D eigenvalue weighted by Crippen LogP contribution is -2.43. The number of carbonyl (C=O) groups is 1. The fourth-order valence-electron chi connectivity index (χ4n) is 4.73. The molecule has 2 aromatic carbocycles. The minimum Gasteiger partial charge on any atom is -0.405 e. The van der Waals surface area contributed by atoms with Gasteiger partial charge in [-0.3, -0.25) is 15.6 Å². The molecule has 2 unspecified atom stereocenters. The van der Waals surface area contributed by atoms with Gasteiger partial charge in [0.1, 0.15) is 5.00 Å². The first-order valence-electron chi connectivity index (χ1n) is 12.6. The van der Waals surface area contributed by atoms with Crippen LogP contribution in [0.1, 0.15) is 34.7 Å². The van der Waals surface area contributed by atoms with E-state index in [-0.39, 0.29) is 16.7 Å². The van der Waals surface area contributed by atoms with Crippen molar-refractivity contribution in [2.24, 2.45) is 4.99 Å². The zero-order valence-electron chi connectivity index (χ0n) is 21.8. The van der Waals surface area contributed by atoms with Crippen LogP contribution in [0.2, 0.25) is 0 Å². The minimum absolute atomic E-state index is 0.113. The summed E-state index contributed by atoms with van der Waals surface area (Å²) in [7, 11) is 1.51. The maximum Gasteiger partial charge on any atom is 0.443 e. The molecular weight excluding hydrogens is 559 g/mol. The average Bonchev–Trinajstić information content (AvgIpc) is 3.56. The van der Waals surface area contributed by atoms with E-state index in [1.165, 1.54) is 7.11 Å². The molecule has 14 heteroatoms. The van der Waals surface area contributed by atoms with Crippen molar-refractivity contribution in [2.75, 3.05) is 30.5 Å². The lowest BCUT2D eigenvalue weighted by Gasteiger charge is -2.25. The van der Waals surface area contributed by atoms with Gasteiger partial charge >= 0.3 is 6.18 Å². The van der Waals surface area contributed by atoms with Crippen LogP contribution in [-0.2, 0) is 20.4 Å². The van der Waals surface area contributed by atoms with Gasteiger partial charge in [0, 0.05) is 24.8 Å². The number of para-hydroxylation sites is 1. The SMILES string of the molecule is COCC1CCCN1c1sc(C(F)(F)F)nc1C(=N)OC(=N)NC1N=C(c2ccccc2)c2ccccc2NC1=O. The van der Waals surface area contributed by atoms with Gasteiger partial charge in [0.15, 0.2) is 5.69 Å². The second kappa shape index (κ2) is 11.7. The Morgan fingerprint density at radius 1 is 1.17 bits per heavy atom. The van der Waals surface area contributed by atoms with E-state index >= 15 is 0 Å². The van der Waals surface area contributed by atoms with Gasteiger partial charge in [0.05, 0.1) is 24.0 Å². The molecular formula is C27H26F3N7O3S. The Hall–Kier alpha value is -4.30. The molecule has 0 spiro atoms. The van der Waals surface area contributed by atoms with Crippen molar-refractivity contribution in [3.05, 3.63) is 76.4 Å². The number of amidine groups is 1. The molecule has 0 aliphatic carbocycles. The largest absolute Gasteiger partial charge is 0.443 e. The van der Waals surface area contributed by atoms with E-state index in [9.17, 15) is 18.0 Å². The number of hydrogen-bond acceptors (Lipinski definition) is 9. The van der Waals surface area contributed by atoms with Crippen LogP contribution in [0, 0.1) is 10.8 Å². The third-order valence-electron chi connectivity index (χ3n) is 6.53. The number of aromatic nitrogens is 1. The maximum atomic E-state index is 13.6. The van der Waals surface area contributed by atoms with Crippen molar-refractivity contribution in [1.29, 1.82) is 10.8 Å². The van der Waals surface area contributed by atoms with Crippen molar-refractivity contribution >= 4 is 45.6 Å². The number of fused-ring (bicyclic) bond motifs is 1.